The van der Waals surface area contributed by atoms with Gasteiger partial charge in [0.2, 0.25) is 0 Å². The highest BCUT2D eigenvalue weighted by molar-refractivity contribution is 8.00. The highest BCUT2D eigenvalue weighted by Crippen LogP contribution is 2.30. The SMILES string of the molecule is CCCCCCCCC/C=C\C=C\[C@H](SCCC(=O)O)[C@H](O)c1ccccc1C(=O)O. The van der Waals surface area contributed by atoms with Gasteiger partial charge in [-0.05, 0) is 24.5 Å². The van der Waals surface area contributed by atoms with Crippen LogP contribution in [0.5, 0.6) is 0 Å². The third kappa shape index (κ3) is 11.8. The van der Waals surface area contributed by atoms with Crippen molar-refractivity contribution in [2.24, 2.45) is 0 Å². The maximum absolute atomic E-state index is 11.5. The molecule has 1 aromatic rings. The number of carbonyl (C=O) groups is 2. The molecule has 172 valence electrons. The summed E-state index contributed by atoms with van der Waals surface area (Å²) in [6.07, 6.45) is 16.5. The summed E-state index contributed by atoms with van der Waals surface area (Å²) >= 11 is 1.31. The number of aromatic carboxylic acids is 1. The molecule has 0 aliphatic heterocycles. The molecule has 0 heterocycles. The van der Waals surface area contributed by atoms with E-state index in [-0.39, 0.29) is 12.0 Å². The van der Waals surface area contributed by atoms with E-state index in [9.17, 15) is 19.8 Å². The number of carboxylic acid groups (broad SMARTS) is 2. The summed E-state index contributed by atoms with van der Waals surface area (Å²) in [5.74, 6) is -1.66. The van der Waals surface area contributed by atoms with Gasteiger partial charge >= 0.3 is 11.9 Å². The van der Waals surface area contributed by atoms with Gasteiger partial charge in [0, 0.05) is 5.75 Å². The first-order valence-electron chi connectivity index (χ1n) is 11.1. The maximum Gasteiger partial charge on any atom is 0.336 e. The number of unbranched alkanes of at least 4 members (excludes halogenated alkanes) is 7. The highest BCUT2D eigenvalue weighted by Gasteiger charge is 2.23. The Balaban J connectivity index is 2.63. The van der Waals surface area contributed by atoms with Crippen LogP contribution < -0.4 is 0 Å². The predicted molar refractivity (Wildman–Crippen MR) is 128 cm³/mol. The van der Waals surface area contributed by atoms with E-state index in [1.54, 1.807) is 18.2 Å². The van der Waals surface area contributed by atoms with Crippen LogP contribution in [0, 0.1) is 0 Å². The summed E-state index contributed by atoms with van der Waals surface area (Å²) < 4.78 is 0. The first-order valence-corrected chi connectivity index (χ1v) is 12.2. The smallest absolute Gasteiger partial charge is 0.336 e. The lowest BCUT2D eigenvalue weighted by molar-refractivity contribution is -0.136. The van der Waals surface area contributed by atoms with Gasteiger partial charge in [-0.2, -0.15) is 11.8 Å². The number of aliphatic hydroxyl groups excluding tert-OH is 1. The molecule has 1 rings (SSSR count). The quantitative estimate of drug-likeness (QED) is 0.193. The van der Waals surface area contributed by atoms with Crippen molar-refractivity contribution < 1.29 is 24.9 Å². The molecular formula is C25H36O5S. The topological polar surface area (TPSA) is 94.8 Å². The lowest BCUT2D eigenvalue weighted by Gasteiger charge is -2.21. The van der Waals surface area contributed by atoms with Crippen molar-refractivity contribution in [1.29, 1.82) is 0 Å². The van der Waals surface area contributed by atoms with E-state index in [0.29, 0.717) is 11.3 Å². The van der Waals surface area contributed by atoms with Gasteiger partial charge in [0.05, 0.1) is 23.3 Å². The van der Waals surface area contributed by atoms with Gasteiger partial charge in [0.15, 0.2) is 0 Å². The van der Waals surface area contributed by atoms with E-state index in [1.165, 1.54) is 56.4 Å². The molecule has 0 spiro atoms. The van der Waals surface area contributed by atoms with E-state index < -0.39 is 23.3 Å². The monoisotopic (exact) mass is 448 g/mol. The Labute approximate surface area is 190 Å². The van der Waals surface area contributed by atoms with Crippen LogP contribution in [0.2, 0.25) is 0 Å². The Kier molecular flexibility index (Phi) is 14.5. The van der Waals surface area contributed by atoms with Crippen LogP contribution in [-0.2, 0) is 4.79 Å². The molecule has 0 radical (unpaired) electrons. The minimum Gasteiger partial charge on any atom is -0.481 e. The minimum absolute atomic E-state index is 0.0175. The van der Waals surface area contributed by atoms with Crippen molar-refractivity contribution in [3.8, 4) is 0 Å². The number of benzene rings is 1. The second-order valence-corrected chi connectivity index (χ2v) is 8.83. The van der Waals surface area contributed by atoms with E-state index in [0.717, 1.165) is 12.8 Å². The number of hydrogen-bond donors (Lipinski definition) is 3. The molecule has 5 nitrogen and oxygen atoms in total. The molecule has 0 saturated carbocycles. The largest absolute Gasteiger partial charge is 0.481 e. The van der Waals surface area contributed by atoms with Crippen LogP contribution in [0.3, 0.4) is 0 Å². The fourth-order valence-corrected chi connectivity index (χ4v) is 4.32. The fraction of sp³-hybridized carbons (Fsp3) is 0.520. The summed E-state index contributed by atoms with van der Waals surface area (Å²) in [6.45, 7) is 2.22. The lowest BCUT2D eigenvalue weighted by atomic mass is 9.99. The number of thioether (sulfide) groups is 1. The normalized spacial score (nSPS) is 13.6. The molecule has 1 aromatic carbocycles. The van der Waals surface area contributed by atoms with Crippen LogP contribution in [0.4, 0.5) is 0 Å². The van der Waals surface area contributed by atoms with E-state index >= 15 is 0 Å². The van der Waals surface area contributed by atoms with Crippen molar-refractivity contribution in [1.82, 2.24) is 0 Å². The second-order valence-electron chi connectivity index (χ2n) is 7.54. The van der Waals surface area contributed by atoms with Crippen LogP contribution in [0.25, 0.3) is 0 Å². The average Bonchev–Trinajstić information content (AvgIpc) is 2.75. The Morgan fingerprint density at radius 3 is 2.35 bits per heavy atom. The molecule has 3 N–H and O–H groups in total. The molecule has 31 heavy (non-hydrogen) atoms. The highest BCUT2D eigenvalue weighted by atomic mass is 32.2. The molecule has 0 bridgehead atoms. The number of aliphatic hydroxyl groups is 1. The summed E-state index contributed by atoms with van der Waals surface area (Å²) in [6, 6.07) is 6.37. The molecule has 0 unspecified atom stereocenters. The van der Waals surface area contributed by atoms with Crippen molar-refractivity contribution in [3.63, 3.8) is 0 Å². The predicted octanol–water partition coefficient (Wildman–Crippen LogP) is 6.25. The van der Waals surface area contributed by atoms with Gasteiger partial charge in [0.1, 0.15) is 0 Å². The third-order valence-electron chi connectivity index (χ3n) is 4.97. The van der Waals surface area contributed by atoms with Crippen molar-refractivity contribution in [2.75, 3.05) is 5.75 Å². The van der Waals surface area contributed by atoms with Crippen LogP contribution >= 0.6 is 11.8 Å². The molecular weight excluding hydrogens is 412 g/mol. The van der Waals surface area contributed by atoms with Crippen molar-refractivity contribution in [3.05, 3.63) is 59.7 Å². The maximum atomic E-state index is 11.5. The summed E-state index contributed by atoms with van der Waals surface area (Å²) in [4.78, 5) is 22.3. The zero-order valence-corrected chi connectivity index (χ0v) is 19.2. The molecule has 0 aromatic heterocycles. The van der Waals surface area contributed by atoms with Crippen LogP contribution in [-0.4, -0.2) is 38.3 Å². The van der Waals surface area contributed by atoms with Crippen molar-refractivity contribution in [2.45, 2.75) is 76.1 Å². The van der Waals surface area contributed by atoms with E-state index in [2.05, 4.69) is 13.0 Å². The molecule has 0 aliphatic carbocycles. The van der Waals surface area contributed by atoms with Gasteiger partial charge in [-0.25, -0.2) is 4.79 Å². The van der Waals surface area contributed by atoms with Crippen LogP contribution in [0.15, 0.2) is 48.6 Å². The van der Waals surface area contributed by atoms with Crippen LogP contribution in [0.1, 0.15) is 86.7 Å². The molecule has 0 saturated heterocycles. The number of hydrogen-bond acceptors (Lipinski definition) is 4. The van der Waals surface area contributed by atoms with Gasteiger partial charge < -0.3 is 15.3 Å². The zero-order valence-electron chi connectivity index (χ0n) is 18.4. The number of allylic oxidation sites excluding steroid dienone is 3. The Morgan fingerprint density at radius 2 is 1.68 bits per heavy atom. The molecule has 0 fully saturated rings. The number of carboxylic acids is 2. The molecule has 0 amide bonds. The Morgan fingerprint density at radius 1 is 1.00 bits per heavy atom. The first-order chi connectivity index (χ1) is 15.0. The summed E-state index contributed by atoms with van der Waals surface area (Å²) in [7, 11) is 0. The Hall–Kier alpha value is -2.05. The third-order valence-corrected chi connectivity index (χ3v) is 6.21. The molecule has 0 aliphatic rings. The zero-order chi connectivity index (χ0) is 22.9. The lowest BCUT2D eigenvalue weighted by Crippen LogP contribution is -2.17. The number of aliphatic carboxylic acids is 1. The van der Waals surface area contributed by atoms with Gasteiger partial charge in [-0.15, -0.1) is 0 Å². The van der Waals surface area contributed by atoms with E-state index in [1.807, 2.05) is 18.2 Å². The minimum atomic E-state index is -1.09. The molecule has 6 heteroatoms. The Bertz CT molecular complexity index is 714. The van der Waals surface area contributed by atoms with Crippen molar-refractivity contribution >= 4 is 23.7 Å². The standard InChI is InChI=1S/C25H36O5S/c1-2-3-4-5-6-7-8-9-10-11-12-17-22(31-19-18-23(26)27)24(28)20-15-13-14-16-21(20)25(29)30/h10-17,22,24,28H,2-9,18-19H2,1H3,(H,26,27)(H,29,30)/b11-10-,17-12+/t22-,24+/m0/s1. The first kappa shape index (κ1) is 27.0. The van der Waals surface area contributed by atoms with Gasteiger partial charge in [-0.3, -0.25) is 4.79 Å². The number of rotatable bonds is 17. The fourth-order valence-electron chi connectivity index (χ4n) is 3.23. The average molecular weight is 449 g/mol. The van der Waals surface area contributed by atoms with E-state index in [4.69, 9.17) is 5.11 Å². The summed E-state index contributed by atoms with van der Waals surface area (Å²) in [5, 5.41) is 28.7. The molecule has 2 atom stereocenters. The van der Waals surface area contributed by atoms with Gasteiger partial charge in [0.25, 0.3) is 0 Å². The van der Waals surface area contributed by atoms with Gasteiger partial charge in [-0.1, -0.05) is 88.0 Å². The summed E-state index contributed by atoms with van der Waals surface area (Å²) in [5.41, 5.74) is 0.390. The second kappa shape index (κ2) is 16.6.